The van der Waals surface area contributed by atoms with E-state index < -0.39 is 0 Å². The summed E-state index contributed by atoms with van der Waals surface area (Å²) >= 11 is 6.45. The normalized spacial score (nSPS) is 11.0. The first kappa shape index (κ1) is 23.2. The van der Waals surface area contributed by atoms with Gasteiger partial charge in [0.15, 0.2) is 0 Å². The number of hydrazone groups is 1. The van der Waals surface area contributed by atoms with Crippen molar-refractivity contribution in [3.63, 3.8) is 0 Å². The summed E-state index contributed by atoms with van der Waals surface area (Å²) in [5, 5.41) is 8.82. The van der Waals surface area contributed by atoms with Gasteiger partial charge < -0.3 is 4.74 Å². The van der Waals surface area contributed by atoms with Crippen LogP contribution in [0.15, 0.2) is 84.0 Å². The average molecular weight is 477 g/mol. The number of ether oxygens (including phenoxy) is 1. The van der Waals surface area contributed by atoms with Crippen LogP contribution in [0, 0.1) is 12.7 Å². The third-order valence-corrected chi connectivity index (χ3v) is 5.48. The molecule has 1 aromatic heterocycles. The average Bonchev–Trinajstić information content (AvgIpc) is 3.12. The molecule has 0 aliphatic rings. The maximum Gasteiger partial charge on any atom is 0.271 e. The molecule has 0 spiro atoms. The Kier molecular flexibility index (Phi) is 7.34. The number of hydrogen-bond acceptors (Lipinski definition) is 4. The summed E-state index contributed by atoms with van der Waals surface area (Å²) in [7, 11) is 0. The molecule has 0 bridgehead atoms. The number of halogens is 2. The fourth-order valence-electron chi connectivity index (χ4n) is 3.24. The molecule has 0 radical (unpaired) electrons. The minimum Gasteiger partial charge on any atom is -0.489 e. The summed E-state index contributed by atoms with van der Waals surface area (Å²) in [6.07, 6.45) is 1.46. The molecule has 0 aliphatic heterocycles. The molecule has 4 rings (SSSR count). The maximum atomic E-state index is 13.1. The number of carbonyl (C=O) groups is 1. The van der Waals surface area contributed by atoms with Crippen molar-refractivity contribution in [2.45, 2.75) is 20.1 Å². The van der Waals surface area contributed by atoms with Crippen LogP contribution in [-0.2, 0) is 13.2 Å². The highest BCUT2D eigenvalue weighted by atomic mass is 35.5. The summed E-state index contributed by atoms with van der Waals surface area (Å²) < 4.78 is 20.4. The zero-order valence-electron chi connectivity index (χ0n) is 18.4. The SMILES string of the molecule is Cc1nn(Cc2ccc(F)cc2)c(Cl)c1C=NNC(=O)c1ccc(COc2ccccc2)cc1. The van der Waals surface area contributed by atoms with E-state index in [2.05, 4.69) is 15.6 Å². The zero-order chi connectivity index (χ0) is 23.9. The van der Waals surface area contributed by atoms with Gasteiger partial charge in [0, 0.05) is 5.56 Å². The van der Waals surface area contributed by atoms with Crippen LogP contribution in [0.1, 0.15) is 32.7 Å². The van der Waals surface area contributed by atoms with Crippen LogP contribution >= 0.6 is 11.6 Å². The number of aryl methyl sites for hydroxylation is 1. The van der Waals surface area contributed by atoms with Crippen molar-refractivity contribution in [1.82, 2.24) is 15.2 Å². The van der Waals surface area contributed by atoms with Gasteiger partial charge in [-0.2, -0.15) is 10.2 Å². The van der Waals surface area contributed by atoms with Crippen molar-refractivity contribution in [3.05, 3.63) is 118 Å². The fraction of sp³-hybridized carbons (Fsp3) is 0.115. The molecular formula is C26H22ClFN4O2. The molecule has 172 valence electrons. The van der Waals surface area contributed by atoms with Gasteiger partial charge in [0.1, 0.15) is 23.3 Å². The van der Waals surface area contributed by atoms with Gasteiger partial charge in [0.05, 0.1) is 24.0 Å². The van der Waals surface area contributed by atoms with E-state index in [1.807, 2.05) is 42.5 Å². The number of carbonyl (C=O) groups excluding carboxylic acids is 1. The largest absolute Gasteiger partial charge is 0.489 e. The van der Waals surface area contributed by atoms with Crippen molar-refractivity contribution in [2.75, 3.05) is 0 Å². The van der Waals surface area contributed by atoms with Crippen molar-refractivity contribution < 1.29 is 13.9 Å². The third-order valence-electron chi connectivity index (χ3n) is 5.08. The molecular weight excluding hydrogens is 455 g/mol. The van der Waals surface area contributed by atoms with E-state index in [-0.39, 0.29) is 11.7 Å². The molecule has 0 aliphatic carbocycles. The molecule has 1 N–H and O–H groups in total. The molecule has 0 saturated heterocycles. The van der Waals surface area contributed by atoms with Gasteiger partial charge >= 0.3 is 0 Å². The first-order valence-electron chi connectivity index (χ1n) is 10.6. The van der Waals surface area contributed by atoms with Crippen LogP contribution in [0.2, 0.25) is 5.15 Å². The minimum absolute atomic E-state index is 0.301. The Hall–Kier alpha value is -3.97. The van der Waals surface area contributed by atoms with Crippen molar-refractivity contribution in [2.24, 2.45) is 5.10 Å². The summed E-state index contributed by atoms with van der Waals surface area (Å²) in [4.78, 5) is 12.4. The van der Waals surface area contributed by atoms with Gasteiger partial charge in [-0.3, -0.25) is 4.79 Å². The van der Waals surface area contributed by atoms with E-state index in [0.717, 1.165) is 16.9 Å². The highest BCUT2D eigenvalue weighted by molar-refractivity contribution is 6.32. The van der Waals surface area contributed by atoms with Crippen LogP contribution in [0.25, 0.3) is 0 Å². The van der Waals surface area contributed by atoms with Gasteiger partial charge in [-0.25, -0.2) is 14.5 Å². The van der Waals surface area contributed by atoms with E-state index in [1.165, 1.54) is 18.3 Å². The van der Waals surface area contributed by atoms with Crippen molar-refractivity contribution >= 4 is 23.7 Å². The lowest BCUT2D eigenvalue weighted by atomic mass is 10.1. The summed E-state index contributed by atoms with van der Waals surface area (Å²) in [5.74, 6) is 0.137. The Bertz CT molecular complexity index is 1290. The molecule has 1 heterocycles. The van der Waals surface area contributed by atoms with Crippen LogP contribution in [0.4, 0.5) is 4.39 Å². The lowest BCUT2D eigenvalue weighted by molar-refractivity contribution is 0.0955. The molecule has 0 unspecified atom stereocenters. The number of aromatic nitrogens is 2. The predicted molar refractivity (Wildman–Crippen MR) is 130 cm³/mol. The molecule has 1 amide bonds. The molecule has 0 saturated carbocycles. The predicted octanol–water partition coefficient (Wildman–Crippen LogP) is 5.38. The maximum absolute atomic E-state index is 13.1. The van der Waals surface area contributed by atoms with Crippen LogP contribution < -0.4 is 10.2 Å². The van der Waals surface area contributed by atoms with E-state index in [0.29, 0.717) is 35.1 Å². The lowest BCUT2D eigenvalue weighted by Crippen LogP contribution is -2.17. The van der Waals surface area contributed by atoms with Gasteiger partial charge in [0.2, 0.25) is 0 Å². The number of nitrogens with zero attached hydrogens (tertiary/aromatic N) is 3. The third kappa shape index (κ3) is 5.88. The quantitative estimate of drug-likeness (QED) is 0.274. The topological polar surface area (TPSA) is 68.5 Å². The van der Waals surface area contributed by atoms with Crippen LogP contribution in [0.5, 0.6) is 5.75 Å². The second-order valence-electron chi connectivity index (χ2n) is 7.57. The smallest absolute Gasteiger partial charge is 0.271 e. The van der Waals surface area contributed by atoms with E-state index in [4.69, 9.17) is 16.3 Å². The van der Waals surface area contributed by atoms with Crippen molar-refractivity contribution in [3.8, 4) is 5.75 Å². The number of amides is 1. The first-order chi connectivity index (χ1) is 16.5. The number of nitrogens with one attached hydrogen (secondary N) is 1. The van der Waals surface area contributed by atoms with Gasteiger partial charge in [0.25, 0.3) is 5.91 Å². The molecule has 3 aromatic carbocycles. The number of rotatable bonds is 8. The standard InChI is InChI=1S/C26H22ClFN4O2/c1-18-24(25(27)32(31-18)16-19-9-13-22(28)14-10-19)15-29-30-26(33)21-11-7-20(8-12-21)17-34-23-5-3-2-4-6-23/h2-15H,16-17H2,1H3,(H,30,33). The number of para-hydroxylation sites is 1. The second-order valence-corrected chi connectivity index (χ2v) is 7.93. The Labute approximate surface area is 201 Å². The zero-order valence-corrected chi connectivity index (χ0v) is 19.2. The lowest BCUT2D eigenvalue weighted by Gasteiger charge is -2.06. The molecule has 8 heteroatoms. The molecule has 6 nitrogen and oxygen atoms in total. The van der Waals surface area contributed by atoms with E-state index in [9.17, 15) is 9.18 Å². The summed E-state index contributed by atoms with van der Waals surface area (Å²) in [6, 6.07) is 22.8. The fourth-order valence-corrected chi connectivity index (χ4v) is 3.52. The first-order valence-corrected chi connectivity index (χ1v) is 10.9. The molecule has 0 fully saturated rings. The van der Waals surface area contributed by atoms with Crippen LogP contribution in [0.3, 0.4) is 0 Å². The Morgan fingerprint density at radius 2 is 1.74 bits per heavy atom. The second kappa shape index (κ2) is 10.8. The van der Waals surface area contributed by atoms with Crippen molar-refractivity contribution in [1.29, 1.82) is 0 Å². The van der Waals surface area contributed by atoms with Crippen LogP contribution in [-0.4, -0.2) is 21.9 Å². The van der Waals surface area contributed by atoms with E-state index in [1.54, 1.807) is 35.9 Å². The molecule has 4 aromatic rings. The Morgan fingerprint density at radius 3 is 2.44 bits per heavy atom. The Balaban J connectivity index is 1.34. The summed E-state index contributed by atoms with van der Waals surface area (Å²) in [6.45, 7) is 2.59. The Morgan fingerprint density at radius 1 is 1.06 bits per heavy atom. The summed E-state index contributed by atoms with van der Waals surface area (Å²) in [5.41, 5.74) is 6.03. The molecule has 0 atom stereocenters. The minimum atomic E-state index is -0.348. The molecule has 34 heavy (non-hydrogen) atoms. The van der Waals surface area contributed by atoms with Gasteiger partial charge in [-0.1, -0.05) is 54.1 Å². The monoisotopic (exact) mass is 476 g/mol. The highest BCUT2D eigenvalue weighted by Crippen LogP contribution is 2.19. The number of hydrogen-bond donors (Lipinski definition) is 1. The van der Waals surface area contributed by atoms with Gasteiger partial charge in [-0.15, -0.1) is 0 Å². The number of benzene rings is 3. The highest BCUT2D eigenvalue weighted by Gasteiger charge is 2.12. The van der Waals surface area contributed by atoms with Gasteiger partial charge in [-0.05, 0) is 54.4 Å². The van der Waals surface area contributed by atoms with E-state index >= 15 is 0 Å².